The van der Waals surface area contributed by atoms with Gasteiger partial charge in [-0.25, -0.2) is 0 Å². The molecule has 2 rings (SSSR count). The number of pyridine rings is 1. The fraction of sp³-hybridized carbons (Fsp3) is 0.643. The lowest BCUT2D eigenvalue weighted by Crippen LogP contribution is -2.45. The minimum absolute atomic E-state index is 0.261. The molecule has 1 saturated heterocycles. The van der Waals surface area contributed by atoms with Crippen LogP contribution in [0.15, 0.2) is 18.5 Å². The van der Waals surface area contributed by atoms with Crippen molar-refractivity contribution in [3.8, 4) is 0 Å². The third-order valence-electron chi connectivity index (χ3n) is 3.32. The second-order valence-electron chi connectivity index (χ2n) is 4.76. The average molecular weight is 264 g/mol. The highest BCUT2D eigenvalue weighted by Gasteiger charge is 2.18. The number of nitrogens with zero attached hydrogens (tertiary/aromatic N) is 2. The smallest absolute Gasteiger partial charge is 0.0874 e. The zero-order valence-electron chi connectivity index (χ0n) is 11.9. The maximum atomic E-state index is 5.77. The molecule has 1 aromatic heterocycles. The number of morpholine rings is 1. The molecule has 106 valence electrons. The van der Waals surface area contributed by atoms with E-state index >= 15 is 0 Å². The quantitative estimate of drug-likeness (QED) is 0.818. The van der Waals surface area contributed by atoms with Gasteiger partial charge in [-0.2, -0.15) is 0 Å². The van der Waals surface area contributed by atoms with Gasteiger partial charge in [0.25, 0.3) is 0 Å². The highest BCUT2D eigenvalue weighted by Crippen LogP contribution is 2.13. The molecule has 0 amide bonds. The molecule has 0 bridgehead atoms. The topological polar surface area (TPSA) is 49.4 Å². The van der Waals surface area contributed by atoms with Crippen molar-refractivity contribution in [3.63, 3.8) is 0 Å². The molecule has 1 aliphatic rings. The first-order chi connectivity index (χ1) is 9.31. The second kappa shape index (κ2) is 7.31. The summed E-state index contributed by atoms with van der Waals surface area (Å²) in [6.45, 7) is 9.98. The van der Waals surface area contributed by atoms with Gasteiger partial charge in [-0.3, -0.25) is 9.88 Å². The Hall–Kier alpha value is -1.33. The van der Waals surface area contributed by atoms with E-state index in [-0.39, 0.29) is 6.10 Å². The van der Waals surface area contributed by atoms with E-state index in [1.54, 1.807) is 0 Å². The molecule has 0 aliphatic carbocycles. The average Bonchev–Trinajstić information content (AvgIpc) is 2.46. The van der Waals surface area contributed by atoms with Crippen molar-refractivity contribution in [2.45, 2.75) is 20.0 Å². The minimum Gasteiger partial charge on any atom is -0.384 e. The first kappa shape index (κ1) is 14.1. The lowest BCUT2D eigenvalue weighted by atomic mass is 10.2. The zero-order valence-corrected chi connectivity index (χ0v) is 11.9. The summed E-state index contributed by atoms with van der Waals surface area (Å²) < 4.78 is 5.77. The van der Waals surface area contributed by atoms with Crippen LogP contribution in [0.25, 0.3) is 0 Å². The Morgan fingerprint density at radius 3 is 2.84 bits per heavy atom. The fourth-order valence-corrected chi connectivity index (χ4v) is 2.26. The van der Waals surface area contributed by atoms with Gasteiger partial charge < -0.3 is 15.4 Å². The Kier molecular flexibility index (Phi) is 5.42. The number of ether oxygens (including phenoxy) is 1. The van der Waals surface area contributed by atoms with Crippen LogP contribution in [0.1, 0.15) is 13.8 Å². The van der Waals surface area contributed by atoms with Crippen molar-refractivity contribution in [3.05, 3.63) is 18.5 Å². The summed E-state index contributed by atoms with van der Waals surface area (Å²) >= 11 is 0. The molecular weight excluding hydrogens is 240 g/mol. The second-order valence-corrected chi connectivity index (χ2v) is 4.76. The highest BCUT2D eigenvalue weighted by atomic mass is 16.5. The van der Waals surface area contributed by atoms with E-state index < -0.39 is 0 Å². The first-order valence-electron chi connectivity index (χ1n) is 7.08. The Balaban J connectivity index is 1.82. The Bertz CT molecular complexity index is 385. The van der Waals surface area contributed by atoms with Crippen LogP contribution >= 0.6 is 0 Å². The highest BCUT2D eigenvalue weighted by molar-refractivity contribution is 5.53. The summed E-state index contributed by atoms with van der Waals surface area (Å²) in [5, 5.41) is 6.66. The molecule has 2 N–H and O–H groups in total. The Labute approximate surface area is 115 Å². The van der Waals surface area contributed by atoms with E-state index in [2.05, 4.69) is 40.4 Å². The molecule has 5 nitrogen and oxygen atoms in total. The molecule has 0 aromatic carbocycles. The van der Waals surface area contributed by atoms with Gasteiger partial charge in [0, 0.05) is 26.2 Å². The lowest BCUT2D eigenvalue weighted by Gasteiger charge is -2.32. The number of likely N-dealkylation sites (N-methyl/N-ethyl adjacent to an activating group) is 1. The van der Waals surface area contributed by atoms with Crippen LogP contribution in [0, 0.1) is 0 Å². The van der Waals surface area contributed by atoms with E-state index in [9.17, 15) is 0 Å². The van der Waals surface area contributed by atoms with Crippen molar-refractivity contribution in [2.24, 2.45) is 0 Å². The van der Waals surface area contributed by atoms with E-state index in [0.717, 1.165) is 50.7 Å². The van der Waals surface area contributed by atoms with Crippen molar-refractivity contribution < 1.29 is 4.74 Å². The van der Waals surface area contributed by atoms with Gasteiger partial charge in [0.05, 0.1) is 36.5 Å². The predicted octanol–water partition coefficient (Wildman–Crippen LogP) is 1.65. The van der Waals surface area contributed by atoms with Crippen molar-refractivity contribution in [1.82, 2.24) is 9.88 Å². The molecule has 1 aromatic rings. The summed E-state index contributed by atoms with van der Waals surface area (Å²) in [5.74, 6) is 0. The van der Waals surface area contributed by atoms with Crippen LogP contribution in [0.2, 0.25) is 0 Å². The van der Waals surface area contributed by atoms with Crippen LogP contribution in [-0.4, -0.2) is 55.3 Å². The van der Waals surface area contributed by atoms with Crippen molar-refractivity contribution in [2.75, 3.05) is 50.0 Å². The van der Waals surface area contributed by atoms with Gasteiger partial charge in [0.2, 0.25) is 0 Å². The molecule has 19 heavy (non-hydrogen) atoms. The SMILES string of the molecule is CCNc1cncc(NCC2CN(CC)CCO2)c1. The third-order valence-corrected chi connectivity index (χ3v) is 3.32. The maximum Gasteiger partial charge on any atom is 0.0874 e. The molecule has 0 radical (unpaired) electrons. The van der Waals surface area contributed by atoms with Gasteiger partial charge in [-0.15, -0.1) is 0 Å². The standard InChI is InChI=1S/C14H24N4O/c1-3-16-12-7-13(9-15-8-12)17-10-14-11-18(4-2)5-6-19-14/h7-9,14,16-17H,3-6,10-11H2,1-2H3. The summed E-state index contributed by atoms with van der Waals surface area (Å²) in [5.41, 5.74) is 2.09. The van der Waals surface area contributed by atoms with E-state index in [1.807, 2.05) is 12.4 Å². The molecule has 5 heteroatoms. The predicted molar refractivity (Wildman–Crippen MR) is 78.7 cm³/mol. The number of rotatable bonds is 6. The molecular formula is C14H24N4O. The molecule has 0 saturated carbocycles. The van der Waals surface area contributed by atoms with E-state index in [4.69, 9.17) is 4.74 Å². The summed E-state index contributed by atoms with van der Waals surface area (Å²) in [7, 11) is 0. The Morgan fingerprint density at radius 1 is 1.32 bits per heavy atom. The number of nitrogens with one attached hydrogen (secondary N) is 2. The third kappa shape index (κ3) is 4.36. The molecule has 1 atom stereocenters. The fourth-order valence-electron chi connectivity index (χ4n) is 2.26. The van der Waals surface area contributed by atoms with Crippen LogP contribution < -0.4 is 10.6 Å². The van der Waals surface area contributed by atoms with Crippen LogP contribution in [0.5, 0.6) is 0 Å². The number of hydrogen-bond donors (Lipinski definition) is 2. The van der Waals surface area contributed by atoms with Crippen LogP contribution in [0.3, 0.4) is 0 Å². The van der Waals surface area contributed by atoms with Gasteiger partial charge in [0.1, 0.15) is 0 Å². The van der Waals surface area contributed by atoms with Gasteiger partial charge in [-0.05, 0) is 19.5 Å². The summed E-state index contributed by atoms with van der Waals surface area (Å²) in [6, 6.07) is 2.08. The lowest BCUT2D eigenvalue weighted by molar-refractivity contribution is -0.0191. The van der Waals surface area contributed by atoms with Crippen LogP contribution in [0.4, 0.5) is 11.4 Å². The van der Waals surface area contributed by atoms with Crippen molar-refractivity contribution in [1.29, 1.82) is 0 Å². The van der Waals surface area contributed by atoms with E-state index in [1.165, 1.54) is 0 Å². The van der Waals surface area contributed by atoms with Gasteiger partial charge in [-0.1, -0.05) is 6.92 Å². The monoisotopic (exact) mass is 264 g/mol. The first-order valence-corrected chi connectivity index (χ1v) is 7.08. The number of aromatic nitrogens is 1. The largest absolute Gasteiger partial charge is 0.384 e. The summed E-state index contributed by atoms with van der Waals surface area (Å²) in [6.07, 6.45) is 3.95. The minimum atomic E-state index is 0.261. The maximum absolute atomic E-state index is 5.77. The molecule has 1 aliphatic heterocycles. The normalized spacial score (nSPS) is 20.2. The molecule has 0 spiro atoms. The van der Waals surface area contributed by atoms with Gasteiger partial charge >= 0.3 is 0 Å². The summed E-state index contributed by atoms with van der Waals surface area (Å²) in [4.78, 5) is 6.64. The zero-order chi connectivity index (χ0) is 13.5. The van der Waals surface area contributed by atoms with E-state index in [0.29, 0.717) is 0 Å². The Morgan fingerprint density at radius 2 is 2.11 bits per heavy atom. The van der Waals surface area contributed by atoms with Crippen LogP contribution in [-0.2, 0) is 4.74 Å². The molecule has 1 fully saturated rings. The number of anilines is 2. The molecule has 1 unspecified atom stereocenters. The number of hydrogen-bond acceptors (Lipinski definition) is 5. The van der Waals surface area contributed by atoms with Crippen molar-refractivity contribution >= 4 is 11.4 Å². The molecule has 2 heterocycles. The van der Waals surface area contributed by atoms with Gasteiger partial charge in [0.15, 0.2) is 0 Å².